The van der Waals surface area contributed by atoms with Crippen LogP contribution in [0.1, 0.15) is 63.3 Å². The first kappa shape index (κ1) is 41.3. The molecule has 3 fully saturated rings. The van der Waals surface area contributed by atoms with E-state index in [2.05, 4.69) is 15.5 Å². The highest BCUT2D eigenvalue weighted by atomic mass is 32.1. The minimum atomic E-state index is -3.20. The molecule has 0 aliphatic carbocycles. The molecule has 6 heterocycles. The first-order valence-electron chi connectivity index (χ1n) is 20.1. The number of pyridine rings is 1. The summed E-state index contributed by atoms with van der Waals surface area (Å²) in [5.74, 6) is -3.66. The molecule has 4 aromatic rings. The van der Waals surface area contributed by atoms with Crippen LogP contribution < -0.4 is 30.6 Å². The molecule has 2 aromatic heterocycles. The lowest BCUT2D eigenvalue weighted by atomic mass is 9.95. The number of methoxy groups -OCH3 is 2. The molecule has 17 heteroatoms. The fourth-order valence-electron chi connectivity index (χ4n) is 9.09. The van der Waals surface area contributed by atoms with Crippen LogP contribution >= 0.6 is 11.3 Å². The van der Waals surface area contributed by atoms with E-state index in [1.807, 2.05) is 54.2 Å². The number of anilines is 1. The number of hydrogen-bond acceptors (Lipinski definition) is 11. The average Bonchev–Trinajstić information content (AvgIpc) is 3.81. The largest absolute Gasteiger partial charge is 0.496 e. The fourth-order valence-corrected chi connectivity index (χ4v) is 10.2. The Morgan fingerprint density at radius 3 is 2.33 bits per heavy atom. The molecule has 8 rings (SSSR count). The SMILES string of the molecule is COc1cc(-c2cn(C)c(=O)c3cc(C(=O)NC4CCN(C5CCN(c6ccc7c(c6)C(=O)N(C6CCC(=O)NC6=O)C7)CC5)CC4(F)F)sc23)cc(OC)c1CN(C)C. The van der Waals surface area contributed by atoms with E-state index in [1.165, 1.54) is 15.5 Å². The summed E-state index contributed by atoms with van der Waals surface area (Å²) < 4.78 is 45.3. The van der Waals surface area contributed by atoms with Crippen molar-refractivity contribution in [2.24, 2.45) is 7.05 Å². The number of aromatic nitrogens is 1. The third kappa shape index (κ3) is 7.73. The molecule has 60 heavy (non-hydrogen) atoms. The van der Waals surface area contributed by atoms with Crippen molar-refractivity contribution in [3.8, 4) is 22.6 Å². The van der Waals surface area contributed by atoms with E-state index in [0.717, 1.165) is 28.2 Å². The average molecular weight is 846 g/mol. The number of benzene rings is 2. The van der Waals surface area contributed by atoms with E-state index in [4.69, 9.17) is 9.47 Å². The maximum absolute atomic E-state index is 15.9. The van der Waals surface area contributed by atoms with E-state index in [1.54, 1.807) is 27.5 Å². The van der Waals surface area contributed by atoms with Crippen LogP contribution in [-0.2, 0) is 29.7 Å². The Hall–Kier alpha value is -5.39. The summed E-state index contributed by atoms with van der Waals surface area (Å²) in [6, 6.07) is 8.79. The van der Waals surface area contributed by atoms with Crippen molar-refractivity contribution >= 4 is 50.7 Å². The Kier molecular flexibility index (Phi) is 11.2. The summed E-state index contributed by atoms with van der Waals surface area (Å²) in [5.41, 5.74) is 4.16. The lowest BCUT2D eigenvalue weighted by Gasteiger charge is -2.45. The van der Waals surface area contributed by atoms with E-state index < -0.39 is 36.4 Å². The standard InChI is InChI=1S/C43H49F2N7O7S/c1-48(2)21-31-33(58-4)16-25(17-34(31)59-5)30-22-49(3)41(56)29-19-35(60-38(29)30)40(55)46-36-12-15-51(23-43(36,44)45)26-10-13-50(14-11-26)27-7-6-24-20-52(42(57)28(24)18-27)32-8-9-37(53)47-39(32)54/h6-7,16-19,22,26,32,36H,8-15,20-21,23H2,1-5H3,(H,46,55)(H,47,53,54). The van der Waals surface area contributed by atoms with Gasteiger partial charge < -0.3 is 34.1 Å². The zero-order chi connectivity index (χ0) is 42.6. The van der Waals surface area contributed by atoms with Crippen molar-refractivity contribution in [3.05, 3.63) is 74.5 Å². The van der Waals surface area contributed by atoms with Crippen LogP contribution in [0.15, 0.2) is 47.4 Å². The van der Waals surface area contributed by atoms with Gasteiger partial charge in [0.25, 0.3) is 23.3 Å². The summed E-state index contributed by atoms with van der Waals surface area (Å²) in [5, 5.41) is 5.25. The van der Waals surface area contributed by atoms with Gasteiger partial charge in [0.05, 0.1) is 42.6 Å². The number of alkyl halides is 2. The van der Waals surface area contributed by atoms with Crippen molar-refractivity contribution in [3.63, 3.8) is 0 Å². The number of carbonyl (C=O) groups excluding carboxylic acids is 4. The summed E-state index contributed by atoms with van der Waals surface area (Å²) in [7, 11) is 8.67. The van der Waals surface area contributed by atoms with Gasteiger partial charge in [-0.3, -0.25) is 34.2 Å². The zero-order valence-corrected chi connectivity index (χ0v) is 35.1. The second-order valence-electron chi connectivity index (χ2n) is 16.4. The molecule has 2 aromatic carbocycles. The molecule has 0 bridgehead atoms. The molecule has 4 aliphatic heterocycles. The molecule has 14 nitrogen and oxygen atoms in total. The van der Waals surface area contributed by atoms with Crippen LogP contribution in [0.25, 0.3) is 21.2 Å². The second-order valence-corrected chi connectivity index (χ2v) is 17.5. The van der Waals surface area contributed by atoms with Crippen LogP contribution in [0.5, 0.6) is 11.5 Å². The van der Waals surface area contributed by atoms with Crippen LogP contribution in [0.3, 0.4) is 0 Å². The number of imide groups is 1. The molecule has 2 atom stereocenters. The maximum atomic E-state index is 15.9. The minimum Gasteiger partial charge on any atom is -0.496 e. The lowest BCUT2D eigenvalue weighted by Crippen LogP contribution is -2.61. The van der Waals surface area contributed by atoms with E-state index >= 15 is 8.78 Å². The number of nitrogens with one attached hydrogen (secondary N) is 2. The fraction of sp³-hybridized carbons (Fsp3) is 0.465. The van der Waals surface area contributed by atoms with Crippen LogP contribution in [0, 0.1) is 0 Å². The smallest absolute Gasteiger partial charge is 0.280 e. The lowest BCUT2D eigenvalue weighted by molar-refractivity contribution is -0.136. The number of nitrogens with zero attached hydrogens (tertiary/aromatic N) is 5. The highest BCUT2D eigenvalue weighted by molar-refractivity contribution is 7.21. The molecule has 3 saturated heterocycles. The van der Waals surface area contributed by atoms with Crippen molar-refractivity contribution in [2.75, 3.05) is 59.4 Å². The Bertz CT molecular complexity index is 2420. The maximum Gasteiger partial charge on any atom is 0.280 e. The van der Waals surface area contributed by atoms with Gasteiger partial charge in [0.15, 0.2) is 0 Å². The summed E-state index contributed by atoms with van der Waals surface area (Å²) in [6.45, 7) is 2.00. The quantitative estimate of drug-likeness (QED) is 0.223. The van der Waals surface area contributed by atoms with Crippen molar-refractivity contribution < 1.29 is 37.4 Å². The zero-order valence-electron chi connectivity index (χ0n) is 34.3. The van der Waals surface area contributed by atoms with Crippen molar-refractivity contribution in [2.45, 2.75) is 69.2 Å². The van der Waals surface area contributed by atoms with Gasteiger partial charge in [-0.1, -0.05) is 6.07 Å². The van der Waals surface area contributed by atoms with Gasteiger partial charge >= 0.3 is 0 Å². The van der Waals surface area contributed by atoms with E-state index in [-0.39, 0.29) is 41.1 Å². The summed E-state index contributed by atoms with van der Waals surface area (Å²) >= 11 is 1.09. The van der Waals surface area contributed by atoms with Gasteiger partial charge in [0, 0.05) is 79.9 Å². The number of piperidine rings is 3. The van der Waals surface area contributed by atoms with Crippen molar-refractivity contribution in [1.29, 1.82) is 0 Å². The van der Waals surface area contributed by atoms with Gasteiger partial charge in [-0.2, -0.15) is 0 Å². The summed E-state index contributed by atoms with van der Waals surface area (Å²) in [6.07, 6.45) is 3.54. The van der Waals surface area contributed by atoms with Crippen LogP contribution in [0.4, 0.5) is 14.5 Å². The molecular weight excluding hydrogens is 797 g/mol. The van der Waals surface area contributed by atoms with Crippen LogP contribution in [-0.4, -0.2) is 121 Å². The highest BCUT2D eigenvalue weighted by Crippen LogP contribution is 2.40. The molecule has 0 saturated carbocycles. The first-order chi connectivity index (χ1) is 28.6. The first-order valence-corrected chi connectivity index (χ1v) is 21.0. The Morgan fingerprint density at radius 2 is 1.68 bits per heavy atom. The number of halogens is 2. The molecule has 4 amide bonds. The number of rotatable bonds is 10. The Labute approximate surface area is 350 Å². The predicted molar refractivity (Wildman–Crippen MR) is 223 cm³/mol. The number of thiophene rings is 1. The summed E-state index contributed by atoms with van der Waals surface area (Å²) in [4.78, 5) is 72.1. The van der Waals surface area contributed by atoms with Gasteiger partial charge in [-0.05, 0) is 81.2 Å². The molecule has 0 spiro atoms. The third-order valence-corrected chi connectivity index (χ3v) is 13.4. The van der Waals surface area contributed by atoms with Gasteiger partial charge in [-0.25, -0.2) is 8.78 Å². The number of ether oxygens (including phenoxy) is 2. The Morgan fingerprint density at radius 1 is 0.967 bits per heavy atom. The number of hydrogen-bond donors (Lipinski definition) is 2. The topological polar surface area (TPSA) is 146 Å². The second kappa shape index (κ2) is 16.2. The van der Waals surface area contributed by atoms with Gasteiger partial charge in [0.2, 0.25) is 11.8 Å². The molecular formula is C43H49F2N7O7S. The number of carbonyl (C=O) groups is 4. The minimum absolute atomic E-state index is 0.0619. The highest BCUT2D eigenvalue weighted by Gasteiger charge is 2.47. The van der Waals surface area contributed by atoms with E-state index in [9.17, 15) is 24.0 Å². The normalized spacial score (nSPS) is 21.1. The van der Waals surface area contributed by atoms with Crippen LogP contribution in [0.2, 0.25) is 0 Å². The van der Waals surface area contributed by atoms with Gasteiger partial charge in [0.1, 0.15) is 17.5 Å². The van der Waals surface area contributed by atoms with E-state index in [0.29, 0.717) is 90.3 Å². The third-order valence-electron chi connectivity index (χ3n) is 12.3. The molecule has 318 valence electrons. The monoisotopic (exact) mass is 845 g/mol. The Balaban J connectivity index is 0.913. The number of amides is 4. The molecule has 0 radical (unpaired) electrons. The van der Waals surface area contributed by atoms with Gasteiger partial charge in [-0.15, -0.1) is 11.3 Å². The number of fused-ring (bicyclic) bond motifs is 2. The number of likely N-dealkylation sites (tertiary alicyclic amines) is 1. The molecule has 4 aliphatic rings. The molecule has 2 N–H and O–H groups in total. The van der Waals surface area contributed by atoms with Crippen molar-refractivity contribution in [1.82, 2.24) is 29.9 Å². The predicted octanol–water partition coefficient (Wildman–Crippen LogP) is 4.22. The number of aryl methyl sites for hydroxylation is 1. The molecule has 2 unspecified atom stereocenters.